The highest BCUT2D eigenvalue weighted by Gasteiger charge is 2.20. The fourth-order valence-corrected chi connectivity index (χ4v) is 2.72. The first kappa shape index (κ1) is 15.4. The van der Waals surface area contributed by atoms with Crippen LogP contribution in [0.4, 0.5) is 5.69 Å². The molecule has 0 unspecified atom stereocenters. The Kier molecular flexibility index (Phi) is 4.50. The third kappa shape index (κ3) is 3.74. The van der Waals surface area contributed by atoms with Gasteiger partial charge in [-0.2, -0.15) is 4.98 Å². The molecule has 0 atom stereocenters. The first-order valence-corrected chi connectivity index (χ1v) is 7.45. The van der Waals surface area contributed by atoms with Crippen LogP contribution in [0.5, 0.6) is 0 Å². The lowest BCUT2D eigenvalue weighted by molar-refractivity contribution is -0.384. The van der Waals surface area contributed by atoms with E-state index in [1.165, 1.54) is 12.4 Å². The van der Waals surface area contributed by atoms with Gasteiger partial charge in [-0.1, -0.05) is 16.8 Å². The van der Waals surface area contributed by atoms with Gasteiger partial charge >= 0.3 is 0 Å². The summed E-state index contributed by atoms with van der Waals surface area (Å²) in [6.45, 7) is 0.0148. The van der Waals surface area contributed by atoms with Crippen LogP contribution in [0, 0.1) is 10.1 Å². The van der Waals surface area contributed by atoms with E-state index in [2.05, 4.69) is 14.9 Å². The van der Waals surface area contributed by atoms with E-state index in [0.717, 1.165) is 12.1 Å². The molecule has 112 valence electrons. The summed E-state index contributed by atoms with van der Waals surface area (Å²) in [6, 6.07) is 3.24. The summed E-state index contributed by atoms with van der Waals surface area (Å²) in [4.78, 5) is 13.5. The van der Waals surface area contributed by atoms with E-state index in [0.29, 0.717) is 0 Å². The van der Waals surface area contributed by atoms with Crippen LogP contribution in [0.25, 0.3) is 0 Å². The first-order chi connectivity index (χ1) is 9.90. The van der Waals surface area contributed by atoms with E-state index >= 15 is 0 Å². The number of sulfonamides is 1. The second kappa shape index (κ2) is 6.16. The summed E-state index contributed by atoms with van der Waals surface area (Å²) in [5.41, 5.74) is -0.476. The van der Waals surface area contributed by atoms with Gasteiger partial charge in [-0.3, -0.25) is 10.1 Å². The number of rotatable bonds is 6. The lowest BCUT2D eigenvalue weighted by atomic mass is 10.3. The molecule has 1 aromatic carbocycles. The van der Waals surface area contributed by atoms with Gasteiger partial charge in [-0.15, -0.1) is 0 Å². The molecular weight excluding hydrogens is 324 g/mol. The van der Waals surface area contributed by atoms with Crippen LogP contribution in [0.2, 0.25) is 5.02 Å². The number of benzene rings is 1. The van der Waals surface area contributed by atoms with E-state index in [1.54, 1.807) is 0 Å². The molecule has 11 heteroatoms. The molecule has 0 fully saturated rings. The second-order valence-corrected chi connectivity index (χ2v) is 6.03. The number of nitrogens with zero attached hydrogens (tertiary/aromatic N) is 3. The number of halogens is 1. The van der Waals surface area contributed by atoms with Crippen LogP contribution in [-0.2, 0) is 16.4 Å². The second-order valence-electron chi connectivity index (χ2n) is 3.85. The Morgan fingerprint density at radius 1 is 1.43 bits per heavy atom. The Balaban J connectivity index is 2.12. The van der Waals surface area contributed by atoms with Gasteiger partial charge in [-0.25, -0.2) is 13.1 Å². The molecular formula is C10H9ClN4O5S. The Hall–Kier alpha value is -2.04. The molecule has 2 aromatic rings. The van der Waals surface area contributed by atoms with Gasteiger partial charge in [-0.05, 0) is 12.1 Å². The maximum Gasteiger partial charge on any atom is 0.289 e. The van der Waals surface area contributed by atoms with Crippen molar-refractivity contribution in [1.29, 1.82) is 0 Å². The molecule has 21 heavy (non-hydrogen) atoms. The zero-order chi connectivity index (χ0) is 15.5. The molecule has 0 aliphatic carbocycles. The van der Waals surface area contributed by atoms with Crippen molar-refractivity contribution in [3.63, 3.8) is 0 Å². The Bertz CT molecular complexity index is 747. The number of nitrogens with one attached hydrogen (secondary N) is 1. The lowest BCUT2D eigenvalue weighted by Gasteiger charge is -2.06. The predicted molar refractivity (Wildman–Crippen MR) is 71.3 cm³/mol. The Labute approximate surface area is 124 Å². The highest BCUT2D eigenvalue weighted by molar-refractivity contribution is 7.89. The highest BCUT2D eigenvalue weighted by atomic mass is 35.5. The molecule has 0 bridgehead atoms. The SMILES string of the molecule is O=[N+]([O-])c1cc(S(=O)(=O)NCCc2ncno2)ccc1Cl. The monoisotopic (exact) mass is 332 g/mol. The first-order valence-electron chi connectivity index (χ1n) is 5.59. The van der Waals surface area contributed by atoms with Gasteiger partial charge in [0.1, 0.15) is 5.02 Å². The molecule has 0 amide bonds. The van der Waals surface area contributed by atoms with Crippen LogP contribution >= 0.6 is 11.6 Å². The van der Waals surface area contributed by atoms with Gasteiger partial charge in [0, 0.05) is 19.0 Å². The molecule has 1 heterocycles. The van der Waals surface area contributed by atoms with E-state index in [9.17, 15) is 18.5 Å². The summed E-state index contributed by atoms with van der Waals surface area (Å²) in [7, 11) is -3.89. The van der Waals surface area contributed by atoms with Crippen molar-refractivity contribution >= 4 is 27.3 Å². The van der Waals surface area contributed by atoms with Gasteiger partial charge < -0.3 is 4.52 Å². The van der Waals surface area contributed by atoms with Crippen molar-refractivity contribution < 1.29 is 17.9 Å². The molecule has 0 aliphatic heterocycles. The quantitative estimate of drug-likeness (QED) is 0.620. The lowest BCUT2D eigenvalue weighted by Crippen LogP contribution is -2.26. The zero-order valence-corrected chi connectivity index (χ0v) is 12.0. The zero-order valence-electron chi connectivity index (χ0n) is 10.4. The molecule has 0 saturated carbocycles. The van der Waals surface area contributed by atoms with E-state index < -0.39 is 20.6 Å². The number of aromatic nitrogens is 2. The van der Waals surface area contributed by atoms with Crippen LogP contribution < -0.4 is 4.72 Å². The predicted octanol–water partition coefficient (Wildman–Crippen LogP) is 1.15. The molecule has 0 radical (unpaired) electrons. The molecule has 9 nitrogen and oxygen atoms in total. The minimum absolute atomic E-state index is 0.0148. The van der Waals surface area contributed by atoms with E-state index in [1.807, 2.05) is 0 Å². The minimum Gasteiger partial charge on any atom is -0.340 e. The highest BCUT2D eigenvalue weighted by Crippen LogP contribution is 2.26. The number of nitro benzene ring substituents is 1. The van der Waals surface area contributed by atoms with Gasteiger partial charge in [0.25, 0.3) is 5.69 Å². The van der Waals surface area contributed by atoms with Crippen LogP contribution in [0.1, 0.15) is 5.89 Å². The van der Waals surface area contributed by atoms with Crippen molar-refractivity contribution in [2.75, 3.05) is 6.54 Å². The summed E-state index contributed by atoms with van der Waals surface area (Å²) in [6.07, 6.45) is 1.40. The largest absolute Gasteiger partial charge is 0.340 e. The average Bonchev–Trinajstić information content (AvgIpc) is 2.91. The molecule has 1 aromatic heterocycles. The Morgan fingerprint density at radius 3 is 2.81 bits per heavy atom. The average molecular weight is 333 g/mol. The van der Waals surface area contributed by atoms with Crippen molar-refractivity contribution in [3.8, 4) is 0 Å². The summed E-state index contributed by atoms with van der Waals surface area (Å²) < 4.78 is 31.0. The molecule has 0 aliphatic rings. The minimum atomic E-state index is -3.89. The maximum atomic E-state index is 12.0. The normalized spacial score (nSPS) is 11.5. The Morgan fingerprint density at radius 2 is 2.19 bits per heavy atom. The fraction of sp³-hybridized carbons (Fsp3) is 0.200. The van der Waals surface area contributed by atoms with Crippen LogP contribution in [0.15, 0.2) is 33.9 Å². The fourth-order valence-electron chi connectivity index (χ4n) is 1.48. The summed E-state index contributed by atoms with van der Waals surface area (Å²) >= 11 is 5.63. The molecule has 2 rings (SSSR count). The number of nitro groups is 1. The molecule has 0 spiro atoms. The topological polar surface area (TPSA) is 128 Å². The van der Waals surface area contributed by atoms with Gasteiger partial charge in [0.15, 0.2) is 6.33 Å². The van der Waals surface area contributed by atoms with E-state index in [4.69, 9.17) is 16.1 Å². The van der Waals surface area contributed by atoms with Gasteiger partial charge in [0.05, 0.1) is 9.82 Å². The maximum absolute atomic E-state index is 12.0. The van der Waals surface area contributed by atoms with Crippen molar-refractivity contribution in [3.05, 3.63) is 45.6 Å². The van der Waals surface area contributed by atoms with E-state index in [-0.39, 0.29) is 28.8 Å². The third-order valence-corrected chi connectivity index (χ3v) is 4.24. The van der Waals surface area contributed by atoms with Crippen LogP contribution in [0.3, 0.4) is 0 Å². The van der Waals surface area contributed by atoms with Crippen molar-refractivity contribution in [2.24, 2.45) is 0 Å². The standard InChI is InChI=1S/C10H9ClN4O5S/c11-8-2-1-7(5-9(8)15(16)17)21(18,19)14-4-3-10-12-6-13-20-10/h1-2,5-6,14H,3-4H2. The van der Waals surface area contributed by atoms with Gasteiger partial charge in [0.2, 0.25) is 15.9 Å². The van der Waals surface area contributed by atoms with Crippen molar-refractivity contribution in [2.45, 2.75) is 11.3 Å². The summed E-state index contributed by atoms with van der Waals surface area (Å²) in [5, 5.41) is 14.0. The van der Waals surface area contributed by atoms with Crippen LogP contribution in [-0.4, -0.2) is 30.0 Å². The van der Waals surface area contributed by atoms with Crippen molar-refractivity contribution in [1.82, 2.24) is 14.9 Å². The molecule has 1 N–H and O–H groups in total. The summed E-state index contributed by atoms with van der Waals surface area (Å²) in [5.74, 6) is 0.278. The smallest absolute Gasteiger partial charge is 0.289 e. The third-order valence-electron chi connectivity index (χ3n) is 2.46. The number of hydrogen-bond acceptors (Lipinski definition) is 7. The number of hydrogen-bond donors (Lipinski definition) is 1. The molecule has 0 saturated heterocycles.